The molecule has 0 radical (unpaired) electrons. The van der Waals surface area contributed by atoms with Crippen molar-refractivity contribution in [1.29, 1.82) is 0 Å². The zero-order valence-electron chi connectivity index (χ0n) is 17.9. The van der Waals surface area contributed by atoms with Crippen molar-refractivity contribution in [2.75, 3.05) is 19.5 Å². The largest absolute Gasteiger partial charge is 0.493 e. The Labute approximate surface area is 194 Å². The highest BCUT2D eigenvalue weighted by Crippen LogP contribution is 2.36. The second-order valence-corrected chi connectivity index (χ2v) is 7.29. The average molecular weight is 469 g/mol. The minimum absolute atomic E-state index is 0.0521. The first-order chi connectivity index (χ1) is 16.1. The Hall–Kier alpha value is -4.05. The lowest BCUT2D eigenvalue weighted by Gasteiger charge is -2.13. The molecule has 0 spiro atoms. The lowest BCUT2D eigenvalue weighted by Crippen LogP contribution is -2.15. The van der Waals surface area contributed by atoms with E-state index >= 15 is 0 Å². The standard InChI is InChI=1S/C22H21ClN6O4/c1-31-18-7-4-8-19(32-2)20(18)33-14-28-10-9-17(26-28)21(30)25-22-24-13-29(27-22)12-15-5-3-6-16(23)11-15/h3-11,13H,12,14H2,1-2H3,(H,25,27,30). The zero-order chi connectivity index (χ0) is 23.2. The van der Waals surface area contributed by atoms with Gasteiger partial charge in [0.15, 0.2) is 23.9 Å². The molecule has 0 fully saturated rings. The van der Waals surface area contributed by atoms with E-state index in [0.29, 0.717) is 28.8 Å². The van der Waals surface area contributed by atoms with Gasteiger partial charge in [-0.05, 0) is 35.9 Å². The molecule has 2 aromatic carbocycles. The first kappa shape index (κ1) is 22.2. The van der Waals surface area contributed by atoms with Gasteiger partial charge >= 0.3 is 0 Å². The van der Waals surface area contributed by atoms with Crippen LogP contribution in [0.15, 0.2) is 61.1 Å². The summed E-state index contributed by atoms with van der Waals surface area (Å²) in [7, 11) is 3.09. The summed E-state index contributed by atoms with van der Waals surface area (Å²) in [6, 6.07) is 14.3. The molecule has 0 unspecified atom stereocenters. The molecule has 0 saturated carbocycles. The second kappa shape index (κ2) is 10.0. The minimum atomic E-state index is -0.441. The number of carbonyl (C=O) groups is 1. The van der Waals surface area contributed by atoms with E-state index in [4.69, 9.17) is 25.8 Å². The molecule has 11 heteroatoms. The molecule has 2 heterocycles. The number of hydrogen-bond donors (Lipinski definition) is 1. The maximum atomic E-state index is 12.5. The Morgan fingerprint density at radius 1 is 1.03 bits per heavy atom. The lowest BCUT2D eigenvalue weighted by molar-refractivity contribution is 0.101. The van der Waals surface area contributed by atoms with E-state index in [1.54, 1.807) is 55.4 Å². The maximum absolute atomic E-state index is 12.5. The number of hydrogen-bond acceptors (Lipinski definition) is 7. The topological polar surface area (TPSA) is 105 Å². The van der Waals surface area contributed by atoms with Gasteiger partial charge in [0.1, 0.15) is 6.33 Å². The predicted octanol–water partition coefficient (Wildman–Crippen LogP) is 3.48. The van der Waals surface area contributed by atoms with Crippen molar-refractivity contribution in [3.63, 3.8) is 0 Å². The van der Waals surface area contributed by atoms with E-state index in [1.807, 2.05) is 18.2 Å². The summed E-state index contributed by atoms with van der Waals surface area (Å²) >= 11 is 6.01. The summed E-state index contributed by atoms with van der Waals surface area (Å²) in [6.07, 6.45) is 3.16. The van der Waals surface area contributed by atoms with E-state index < -0.39 is 5.91 Å². The molecule has 2 aromatic heterocycles. The summed E-state index contributed by atoms with van der Waals surface area (Å²) in [6.45, 7) is 0.526. The van der Waals surface area contributed by atoms with Crippen molar-refractivity contribution in [3.8, 4) is 17.2 Å². The third-order valence-corrected chi connectivity index (χ3v) is 4.83. The highest BCUT2D eigenvalue weighted by atomic mass is 35.5. The predicted molar refractivity (Wildman–Crippen MR) is 121 cm³/mol. The fourth-order valence-corrected chi connectivity index (χ4v) is 3.27. The summed E-state index contributed by atoms with van der Waals surface area (Å²) < 4.78 is 19.5. The molecule has 0 aliphatic rings. The van der Waals surface area contributed by atoms with E-state index in [9.17, 15) is 4.79 Å². The first-order valence-corrected chi connectivity index (χ1v) is 10.3. The Kier molecular flexibility index (Phi) is 6.75. The second-order valence-electron chi connectivity index (χ2n) is 6.86. The number of amides is 1. The SMILES string of the molecule is COc1cccc(OC)c1OCn1ccc(C(=O)Nc2ncn(Cc3cccc(Cl)c3)n2)n1. The third-order valence-electron chi connectivity index (χ3n) is 4.59. The quantitative estimate of drug-likeness (QED) is 0.401. The van der Waals surface area contributed by atoms with Crippen LogP contribution in [0.3, 0.4) is 0 Å². The van der Waals surface area contributed by atoms with E-state index in [-0.39, 0.29) is 18.4 Å². The van der Waals surface area contributed by atoms with E-state index in [1.165, 1.54) is 11.0 Å². The molecule has 33 heavy (non-hydrogen) atoms. The number of anilines is 1. The number of nitrogens with zero attached hydrogens (tertiary/aromatic N) is 5. The molecule has 1 N–H and O–H groups in total. The Morgan fingerprint density at radius 3 is 2.52 bits per heavy atom. The van der Waals surface area contributed by atoms with Gasteiger partial charge < -0.3 is 14.2 Å². The number of rotatable bonds is 9. The monoisotopic (exact) mass is 468 g/mol. The van der Waals surface area contributed by atoms with Crippen LogP contribution in [0.25, 0.3) is 0 Å². The van der Waals surface area contributed by atoms with Crippen LogP contribution >= 0.6 is 11.6 Å². The normalized spacial score (nSPS) is 10.6. The number of nitrogens with one attached hydrogen (secondary N) is 1. The minimum Gasteiger partial charge on any atom is -0.493 e. The fraction of sp³-hybridized carbons (Fsp3) is 0.182. The number of methoxy groups -OCH3 is 2. The smallest absolute Gasteiger partial charge is 0.278 e. The van der Waals surface area contributed by atoms with Gasteiger partial charge in [-0.15, -0.1) is 5.10 Å². The van der Waals surface area contributed by atoms with Crippen LogP contribution in [0, 0.1) is 0 Å². The van der Waals surface area contributed by atoms with Gasteiger partial charge in [0.25, 0.3) is 5.91 Å². The Morgan fingerprint density at radius 2 is 1.79 bits per heavy atom. The van der Waals surface area contributed by atoms with Crippen molar-refractivity contribution in [1.82, 2.24) is 24.5 Å². The van der Waals surface area contributed by atoms with Crippen molar-refractivity contribution >= 4 is 23.5 Å². The highest BCUT2D eigenvalue weighted by molar-refractivity contribution is 6.30. The molecule has 0 aliphatic carbocycles. The van der Waals surface area contributed by atoms with E-state index in [0.717, 1.165) is 5.56 Å². The molecule has 1 amide bonds. The molecular formula is C22H21ClN6O4. The van der Waals surface area contributed by atoms with Crippen LogP contribution in [-0.2, 0) is 13.3 Å². The van der Waals surface area contributed by atoms with Gasteiger partial charge in [-0.2, -0.15) is 5.10 Å². The van der Waals surface area contributed by atoms with Gasteiger partial charge in [-0.1, -0.05) is 29.8 Å². The summed E-state index contributed by atoms with van der Waals surface area (Å²) in [5.74, 6) is 1.23. The van der Waals surface area contributed by atoms with Gasteiger partial charge in [0, 0.05) is 11.2 Å². The summed E-state index contributed by atoms with van der Waals surface area (Å²) in [5, 5.41) is 11.8. The number of para-hydroxylation sites is 1. The average Bonchev–Trinajstić information content (AvgIpc) is 3.47. The molecule has 4 aromatic rings. The third kappa shape index (κ3) is 5.42. The van der Waals surface area contributed by atoms with Crippen molar-refractivity contribution in [3.05, 3.63) is 77.3 Å². The molecule has 4 rings (SSSR count). The number of ether oxygens (including phenoxy) is 3. The fourth-order valence-electron chi connectivity index (χ4n) is 3.06. The van der Waals surface area contributed by atoms with Crippen LogP contribution in [0.5, 0.6) is 17.2 Å². The Bertz CT molecular complexity index is 1230. The molecule has 10 nitrogen and oxygen atoms in total. The number of benzene rings is 2. The van der Waals surface area contributed by atoms with Gasteiger partial charge in [0.05, 0.1) is 20.8 Å². The highest BCUT2D eigenvalue weighted by Gasteiger charge is 2.15. The zero-order valence-corrected chi connectivity index (χ0v) is 18.7. The number of carbonyl (C=O) groups excluding carboxylic acids is 1. The Balaban J connectivity index is 1.36. The first-order valence-electron chi connectivity index (χ1n) is 9.88. The molecule has 170 valence electrons. The molecule has 0 aliphatic heterocycles. The van der Waals surface area contributed by atoms with E-state index in [2.05, 4.69) is 20.5 Å². The molecule has 0 bridgehead atoms. The van der Waals surface area contributed by atoms with Crippen molar-refractivity contribution in [2.45, 2.75) is 13.3 Å². The van der Waals surface area contributed by atoms with Crippen LogP contribution in [0.4, 0.5) is 5.95 Å². The van der Waals surface area contributed by atoms with Crippen LogP contribution in [-0.4, -0.2) is 44.7 Å². The van der Waals surface area contributed by atoms with Crippen molar-refractivity contribution < 1.29 is 19.0 Å². The lowest BCUT2D eigenvalue weighted by atomic mass is 10.2. The summed E-state index contributed by atoms with van der Waals surface area (Å²) in [5.41, 5.74) is 1.16. The molecule has 0 atom stereocenters. The number of aromatic nitrogens is 5. The number of halogens is 1. The van der Waals surface area contributed by atoms with Crippen molar-refractivity contribution in [2.24, 2.45) is 0 Å². The van der Waals surface area contributed by atoms with Gasteiger partial charge in [-0.25, -0.2) is 14.3 Å². The molecular weight excluding hydrogens is 448 g/mol. The maximum Gasteiger partial charge on any atom is 0.278 e. The molecule has 0 saturated heterocycles. The van der Waals surface area contributed by atoms with Gasteiger partial charge in [0.2, 0.25) is 11.7 Å². The van der Waals surface area contributed by atoms with Crippen LogP contribution in [0.1, 0.15) is 16.1 Å². The summed E-state index contributed by atoms with van der Waals surface area (Å²) in [4.78, 5) is 16.7. The van der Waals surface area contributed by atoms with Crippen LogP contribution < -0.4 is 19.5 Å². The van der Waals surface area contributed by atoms with Crippen LogP contribution in [0.2, 0.25) is 5.02 Å². The van der Waals surface area contributed by atoms with Gasteiger partial charge in [-0.3, -0.25) is 10.1 Å².